The van der Waals surface area contributed by atoms with Crippen molar-refractivity contribution in [3.05, 3.63) is 0 Å². The Bertz CT molecular complexity index is 260. The number of piperazine rings is 1. The largest absolute Gasteiger partial charge is 0.355 e. The minimum Gasteiger partial charge on any atom is -0.355 e. The Kier molecular flexibility index (Phi) is 5.97. The normalized spacial score (nSPS) is 16.9. The molecule has 0 aromatic carbocycles. The highest BCUT2D eigenvalue weighted by atomic mass is 16.2. The standard InChI is InChI=1S/C12H23N3O2/c1-3-5-13-11(16)10-14-6-8-15(9-7-14)12(17)4-2/h3-10H2,1-2H3,(H,13,16). The SMILES string of the molecule is CCCNC(=O)CN1CCN(C(=O)CC)CC1. The van der Waals surface area contributed by atoms with Crippen LogP contribution in [0.2, 0.25) is 0 Å². The first-order valence-corrected chi connectivity index (χ1v) is 6.44. The lowest BCUT2D eigenvalue weighted by Crippen LogP contribution is -2.51. The van der Waals surface area contributed by atoms with Crippen molar-refractivity contribution in [2.45, 2.75) is 26.7 Å². The van der Waals surface area contributed by atoms with Crippen LogP contribution < -0.4 is 5.32 Å². The second-order valence-corrected chi connectivity index (χ2v) is 4.36. The summed E-state index contributed by atoms with van der Waals surface area (Å²) in [7, 11) is 0. The Balaban J connectivity index is 2.23. The average Bonchev–Trinajstić information content (AvgIpc) is 2.36. The first-order chi connectivity index (χ1) is 8.17. The molecule has 98 valence electrons. The first kappa shape index (κ1) is 14.0. The predicted octanol–water partition coefficient (Wildman–Crippen LogP) is 0.0668. The minimum atomic E-state index is 0.0853. The van der Waals surface area contributed by atoms with E-state index < -0.39 is 0 Å². The molecule has 1 saturated heterocycles. The van der Waals surface area contributed by atoms with Crippen molar-refractivity contribution in [2.24, 2.45) is 0 Å². The molecular formula is C12H23N3O2. The van der Waals surface area contributed by atoms with Crippen LogP contribution in [-0.2, 0) is 9.59 Å². The van der Waals surface area contributed by atoms with Gasteiger partial charge in [0.25, 0.3) is 0 Å². The van der Waals surface area contributed by atoms with E-state index in [1.54, 1.807) is 0 Å². The van der Waals surface area contributed by atoms with E-state index in [2.05, 4.69) is 10.2 Å². The molecule has 5 nitrogen and oxygen atoms in total. The zero-order valence-electron chi connectivity index (χ0n) is 10.9. The molecule has 0 spiro atoms. The molecule has 0 radical (unpaired) electrons. The molecule has 0 aliphatic carbocycles. The number of carbonyl (C=O) groups is 2. The predicted molar refractivity (Wildman–Crippen MR) is 66.6 cm³/mol. The van der Waals surface area contributed by atoms with Gasteiger partial charge < -0.3 is 10.2 Å². The summed E-state index contributed by atoms with van der Waals surface area (Å²) < 4.78 is 0. The molecule has 0 aromatic rings. The number of hydrogen-bond donors (Lipinski definition) is 1. The maximum atomic E-state index is 11.5. The Morgan fingerprint density at radius 3 is 2.29 bits per heavy atom. The van der Waals surface area contributed by atoms with E-state index in [1.165, 1.54) is 0 Å². The smallest absolute Gasteiger partial charge is 0.234 e. The van der Waals surface area contributed by atoms with E-state index >= 15 is 0 Å². The molecule has 1 aliphatic heterocycles. The molecule has 0 saturated carbocycles. The van der Waals surface area contributed by atoms with Crippen molar-refractivity contribution in [1.82, 2.24) is 15.1 Å². The topological polar surface area (TPSA) is 52.7 Å². The quantitative estimate of drug-likeness (QED) is 0.741. The van der Waals surface area contributed by atoms with Gasteiger partial charge in [-0.25, -0.2) is 0 Å². The third-order valence-electron chi connectivity index (χ3n) is 2.97. The summed E-state index contributed by atoms with van der Waals surface area (Å²) in [5.74, 6) is 0.294. The Morgan fingerprint density at radius 1 is 1.12 bits per heavy atom. The second-order valence-electron chi connectivity index (χ2n) is 4.36. The zero-order chi connectivity index (χ0) is 12.7. The number of rotatable bonds is 5. The van der Waals surface area contributed by atoms with Crippen LogP contribution >= 0.6 is 0 Å². The molecule has 1 rings (SSSR count). The fraction of sp³-hybridized carbons (Fsp3) is 0.833. The van der Waals surface area contributed by atoms with Gasteiger partial charge >= 0.3 is 0 Å². The van der Waals surface area contributed by atoms with E-state index in [0.29, 0.717) is 13.0 Å². The van der Waals surface area contributed by atoms with Crippen LogP contribution in [0.15, 0.2) is 0 Å². The highest BCUT2D eigenvalue weighted by Gasteiger charge is 2.20. The van der Waals surface area contributed by atoms with E-state index in [4.69, 9.17) is 0 Å². The van der Waals surface area contributed by atoms with Gasteiger partial charge in [0, 0.05) is 39.1 Å². The number of nitrogens with one attached hydrogen (secondary N) is 1. The van der Waals surface area contributed by atoms with Gasteiger partial charge in [-0.2, -0.15) is 0 Å². The molecule has 1 aliphatic rings. The zero-order valence-corrected chi connectivity index (χ0v) is 10.9. The number of amides is 2. The van der Waals surface area contributed by atoms with Crippen molar-refractivity contribution in [2.75, 3.05) is 39.3 Å². The van der Waals surface area contributed by atoms with Gasteiger partial charge in [0.15, 0.2) is 0 Å². The average molecular weight is 241 g/mol. The second kappa shape index (κ2) is 7.27. The molecule has 17 heavy (non-hydrogen) atoms. The maximum absolute atomic E-state index is 11.5. The van der Waals surface area contributed by atoms with E-state index in [9.17, 15) is 9.59 Å². The Labute approximate surface area is 103 Å². The molecular weight excluding hydrogens is 218 g/mol. The van der Waals surface area contributed by atoms with Crippen LogP contribution in [0.4, 0.5) is 0 Å². The van der Waals surface area contributed by atoms with Crippen LogP contribution in [0.1, 0.15) is 26.7 Å². The van der Waals surface area contributed by atoms with Crippen molar-refractivity contribution in [3.63, 3.8) is 0 Å². The summed E-state index contributed by atoms with van der Waals surface area (Å²) >= 11 is 0. The summed E-state index contributed by atoms with van der Waals surface area (Å²) in [4.78, 5) is 27.0. The third kappa shape index (κ3) is 4.73. The van der Waals surface area contributed by atoms with Crippen LogP contribution in [0.5, 0.6) is 0 Å². The lowest BCUT2D eigenvalue weighted by Gasteiger charge is -2.34. The Morgan fingerprint density at radius 2 is 1.76 bits per heavy atom. The third-order valence-corrected chi connectivity index (χ3v) is 2.97. The number of hydrogen-bond acceptors (Lipinski definition) is 3. The molecule has 1 fully saturated rings. The fourth-order valence-electron chi connectivity index (χ4n) is 1.90. The molecule has 5 heteroatoms. The van der Waals surface area contributed by atoms with Gasteiger partial charge in [-0.1, -0.05) is 13.8 Å². The van der Waals surface area contributed by atoms with Crippen molar-refractivity contribution in [1.29, 1.82) is 0 Å². The molecule has 0 bridgehead atoms. The van der Waals surface area contributed by atoms with Crippen LogP contribution in [-0.4, -0.2) is 60.9 Å². The fourth-order valence-corrected chi connectivity index (χ4v) is 1.90. The van der Waals surface area contributed by atoms with Gasteiger partial charge in [0.1, 0.15) is 0 Å². The molecule has 1 N–H and O–H groups in total. The van der Waals surface area contributed by atoms with Gasteiger partial charge in [-0.3, -0.25) is 14.5 Å². The molecule has 0 aromatic heterocycles. The van der Waals surface area contributed by atoms with E-state index in [-0.39, 0.29) is 11.8 Å². The first-order valence-electron chi connectivity index (χ1n) is 6.44. The van der Waals surface area contributed by atoms with Gasteiger partial charge in [-0.15, -0.1) is 0 Å². The molecule has 1 heterocycles. The van der Waals surface area contributed by atoms with E-state index in [1.807, 2.05) is 18.7 Å². The van der Waals surface area contributed by atoms with Gasteiger partial charge in [-0.05, 0) is 6.42 Å². The number of nitrogens with zero attached hydrogens (tertiary/aromatic N) is 2. The van der Waals surface area contributed by atoms with Crippen molar-refractivity contribution >= 4 is 11.8 Å². The van der Waals surface area contributed by atoms with Gasteiger partial charge in [0.05, 0.1) is 6.54 Å². The van der Waals surface area contributed by atoms with Crippen LogP contribution in [0.25, 0.3) is 0 Å². The molecule has 2 amide bonds. The monoisotopic (exact) mass is 241 g/mol. The van der Waals surface area contributed by atoms with Crippen molar-refractivity contribution < 1.29 is 9.59 Å². The molecule has 0 atom stereocenters. The summed E-state index contributed by atoms with van der Waals surface area (Å²) in [5.41, 5.74) is 0. The van der Waals surface area contributed by atoms with Crippen molar-refractivity contribution in [3.8, 4) is 0 Å². The summed E-state index contributed by atoms with van der Waals surface area (Å²) in [5, 5.41) is 2.86. The summed E-state index contributed by atoms with van der Waals surface area (Å²) in [6.07, 6.45) is 1.53. The highest BCUT2D eigenvalue weighted by molar-refractivity contribution is 5.78. The summed E-state index contributed by atoms with van der Waals surface area (Å²) in [6.45, 7) is 8.20. The molecule has 0 unspecified atom stereocenters. The van der Waals surface area contributed by atoms with Crippen LogP contribution in [0.3, 0.4) is 0 Å². The maximum Gasteiger partial charge on any atom is 0.234 e. The van der Waals surface area contributed by atoms with E-state index in [0.717, 1.165) is 39.1 Å². The minimum absolute atomic E-state index is 0.0853. The number of carbonyl (C=O) groups excluding carboxylic acids is 2. The Hall–Kier alpha value is -1.10. The lowest BCUT2D eigenvalue weighted by atomic mass is 10.3. The summed E-state index contributed by atoms with van der Waals surface area (Å²) in [6, 6.07) is 0. The van der Waals surface area contributed by atoms with Gasteiger partial charge in [0.2, 0.25) is 11.8 Å². The van der Waals surface area contributed by atoms with Crippen LogP contribution in [0, 0.1) is 0 Å². The highest BCUT2D eigenvalue weighted by Crippen LogP contribution is 2.03. The lowest BCUT2D eigenvalue weighted by molar-refractivity contribution is -0.132.